The largest absolute Gasteiger partial charge is 0.323 e. The Morgan fingerprint density at radius 1 is 1.37 bits per heavy atom. The molecule has 0 bridgehead atoms. The van der Waals surface area contributed by atoms with E-state index in [0.717, 1.165) is 35.5 Å². The monoisotopic (exact) mass is 388 g/mol. The van der Waals surface area contributed by atoms with Crippen molar-refractivity contribution < 1.29 is 14.1 Å². The van der Waals surface area contributed by atoms with Gasteiger partial charge in [0.2, 0.25) is 5.91 Å². The molecule has 0 saturated carbocycles. The van der Waals surface area contributed by atoms with Gasteiger partial charge in [-0.15, -0.1) is 10.2 Å². The highest BCUT2D eigenvalue weighted by Crippen LogP contribution is 2.24. The maximum atomic E-state index is 13.7. The molecule has 27 heavy (non-hydrogen) atoms. The first-order valence-electron chi connectivity index (χ1n) is 7.62. The predicted molar refractivity (Wildman–Crippen MR) is 96.6 cm³/mol. The van der Waals surface area contributed by atoms with Gasteiger partial charge in [0.1, 0.15) is 5.82 Å². The zero-order valence-corrected chi connectivity index (χ0v) is 14.8. The Kier molecular flexibility index (Phi) is 5.41. The molecule has 0 aliphatic rings. The number of thioether (sulfide) groups is 1. The second kappa shape index (κ2) is 7.91. The minimum Gasteiger partial charge on any atom is -0.323 e. The average Bonchev–Trinajstić information content (AvgIpc) is 3.03. The maximum Gasteiger partial charge on any atom is 0.271 e. The predicted octanol–water partition coefficient (Wildman–Crippen LogP) is 2.66. The number of hydrogen-bond acceptors (Lipinski definition) is 7. The molecule has 0 spiro atoms. The Labute approximate surface area is 156 Å². The molecule has 0 aliphatic heterocycles. The van der Waals surface area contributed by atoms with Gasteiger partial charge in [-0.1, -0.05) is 11.8 Å². The van der Waals surface area contributed by atoms with Gasteiger partial charge >= 0.3 is 0 Å². The number of nitro benzene ring substituents is 1. The van der Waals surface area contributed by atoms with Crippen LogP contribution < -0.4 is 5.32 Å². The third-order valence-corrected chi connectivity index (χ3v) is 4.54. The fourth-order valence-corrected chi connectivity index (χ4v) is 2.94. The zero-order valence-electron chi connectivity index (χ0n) is 14.0. The van der Waals surface area contributed by atoms with Gasteiger partial charge in [0.05, 0.1) is 16.4 Å². The smallest absolute Gasteiger partial charge is 0.271 e. The lowest BCUT2D eigenvalue weighted by Gasteiger charge is -2.06. The molecule has 0 saturated heterocycles. The molecular formula is C16H13FN6O3S. The Balaban J connectivity index is 1.66. The number of benzene rings is 1. The number of aromatic nitrogens is 4. The second-order valence-electron chi connectivity index (χ2n) is 5.37. The van der Waals surface area contributed by atoms with Gasteiger partial charge in [-0.25, -0.2) is 4.39 Å². The summed E-state index contributed by atoms with van der Waals surface area (Å²) in [6, 6.07) is 6.55. The van der Waals surface area contributed by atoms with E-state index < -0.39 is 16.6 Å². The van der Waals surface area contributed by atoms with Crippen LogP contribution in [-0.2, 0) is 11.8 Å². The number of halogens is 1. The van der Waals surface area contributed by atoms with Crippen LogP contribution in [0.4, 0.5) is 15.8 Å². The van der Waals surface area contributed by atoms with Gasteiger partial charge < -0.3 is 9.88 Å². The van der Waals surface area contributed by atoms with Crippen molar-refractivity contribution in [2.75, 3.05) is 11.1 Å². The fraction of sp³-hybridized carbons (Fsp3) is 0.125. The summed E-state index contributed by atoms with van der Waals surface area (Å²) in [4.78, 5) is 26.2. The molecule has 1 N–H and O–H groups in total. The molecule has 3 rings (SSSR count). The van der Waals surface area contributed by atoms with Gasteiger partial charge in [-0.2, -0.15) is 0 Å². The Morgan fingerprint density at radius 3 is 2.89 bits per heavy atom. The molecule has 11 heteroatoms. The summed E-state index contributed by atoms with van der Waals surface area (Å²) in [5.74, 6) is -0.751. The first kappa shape index (κ1) is 18.5. The standard InChI is InChI=1S/C16H13FN6O3S/c1-22-15(10-3-2-6-18-8-10)20-21-16(22)27-9-14(24)19-13-7-11(23(25)26)4-5-12(13)17/h2-8H,9H2,1H3,(H,19,24). The summed E-state index contributed by atoms with van der Waals surface area (Å²) in [7, 11) is 1.75. The van der Waals surface area contributed by atoms with Crippen molar-refractivity contribution in [1.29, 1.82) is 0 Å². The molecular weight excluding hydrogens is 375 g/mol. The number of carbonyl (C=O) groups is 1. The third kappa shape index (κ3) is 4.26. The van der Waals surface area contributed by atoms with Crippen LogP contribution in [0.5, 0.6) is 0 Å². The van der Waals surface area contributed by atoms with Gasteiger partial charge in [0.25, 0.3) is 5.69 Å². The van der Waals surface area contributed by atoms with Gasteiger partial charge in [-0.3, -0.25) is 19.9 Å². The van der Waals surface area contributed by atoms with E-state index in [1.165, 1.54) is 0 Å². The van der Waals surface area contributed by atoms with Crippen molar-refractivity contribution >= 4 is 29.0 Å². The summed E-state index contributed by atoms with van der Waals surface area (Å²) >= 11 is 1.11. The van der Waals surface area contributed by atoms with Crippen molar-refractivity contribution in [2.45, 2.75) is 5.16 Å². The molecule has 0 unspecified atom stereocenters. The van der Waals surface area contributed by atoms with Crippen LogP contribution in [0.1, 0.15) is 0 Å². The molecule has 9 nitrogen and oxygen atoms in total. The fourth-order valence-electron chi connectivity index (χ4n) is 2.23. The Morgan fingerprint density at radius 2 is 2.19 bits per heavy atom. The summed E-state index contributed by atoms with van der Waals surface area (Å²) in [5, 5.41) is 21.7. The number of non-ortho nitro benzene ring substituents is 1. The number of nitro groups is 1. The van der Waals surface area contributed by atoms with E-state index in [1.54, 1.807) is 30.1 Å². The number of anilines is 1. The van der Waals surface area contributed by atoms with Crippen molar-refractivity contribution in [3.05, 3.63) is 58.7 Å². The molecule has 0 aliphatic carbocycles. The molecule has 0 atom stereocenters. The van der Waals surface area contributed by atoms with Crippen LogP contribution >= 0.6 is 11.8 Å². The van der Waals surface area contributed by atoms with Crippen molar-refractivity contribution in [1.82, 2.24) is 19.7 Å². The summed E-state index contributed by atoms with van der Waals surface area (Å²) in [5.41, 5.74) is 0.222. The molecule has 0 fully saturated rings. The lowest BCUT2D eigenvalue weighted by Crippen LogP contribution is -2.15. The summed E-state index contributed by atoms with van der Waals surface area (Å²) in [6.07, 6.45) is 3.29. The number of nitrogens with one attached hydrogen (secondary N) is 1. The number of carbonyl (C=O) groups excluding carboxylic acids is 1. The summed E-state index contributed by atoms with van der Waals surface area (Å²) < 4.78 is 15.4. The van der Waals surface area contributed by atoms with E-state index in [1.807, 2.05) is 6.07 Å². The Bertz CT molecular complexity index is 995. The van der Waals surface area contributed by atoms with Gasteiger partial charge in [0, 0.05) is 37.1 Å². The van der Waals surface area contributed by atoms with Crippen LogP contribution in [0.25, 0.3) is 11.4 Å². The molecule has 2 heterocycles. The van der Waals surface area contributed by atoms with Crippen molar-refractivity contribution in [2.24, 2.45) is 7.05 Å². The van der Waals surface area contributed by atoms with Crippen molar-refractivity contribution in [3.63, 3.8) is 0 Å². The number of rotatable bonds is 6. The number of hydrogen-bond donors (Lipinski definition) is 1. The second-order valence-corrected chi connectivity index (χ2v) is 6.31. The minimum atomic E-state index is -0.753. The number of nitrogens with zero attached hydrogens (tertiary/aromatic N) is 5. The van der Waals surface area contributed by atoms with Crippen LogP contribution in [0.2, 0.25) is 0 Å². The van der Waals surface area contributed by atoms with Crippen molar-refractivity contribution in [3.8, 4) is 11.4 Å². The Hall–Kier alpha value is -3.34. The molecule has 0 radical (unpaired) electrons. The van der Waals surface area contributed by atoms with E-state index in [9.17, 15) is 19.3 Å². The quantitative estimate of drug-likeness (QED) is 0.392. The topological polar surface area (TPSA) is 116 Å². The first-order valence-corrected chi connectivity index (χ1v) is 8.60. The molecule has 1 amide bonds. The lowest BCUT2D eigenvalue weighted by atomic mass is 10.2. The van der Waals surface area contributed by atoms with Crippen LogP contribution in [-0.4, -0.2) is 36.3 Å². The van der Waals surface area contributed by atoms with Gasteiger partial charge in [0.15, 0.2) is 11.0 Å². The molecule has 138 valence electrons. The highest BCUT2D eigenvalue weighted by molar-refractivity contribution is 7.99. The van der Waals surface area contributed by atoms with E-state index in [2.05, 4.69) is 20.5 Å². The summed E-state index contributed by atoms with van der Waals surface area (Å²) in [6.45, 7) is 0. The number of pyridine rings is 1. The molecule has 1 aromatic carbocycles. The normalized spacial score (nSPS) is 10.6. The van der Waals surface area contributed by atoms with Crippen LogP contribution in [0.3, 0.4) is 0 Å². The number of amides is 1. The maximum absolute atomic E-state index is 13.7. The van der Waals surface area contributed by atoms with E-state index >= 15 is 0 Å². The van der Waals surface area contributed by atoms with Crippen LogP contribution in [0.15, 0.2) is 47.9 Å². The average molecular weight is 388 g/mol. The lowest BCUT2D eigenvalue weighted by molar-refractivity contribution is -0.384. The van der Waals surface area contributed by atoms with E-state index in [-0.39, 0.29) is 17.1 Å². The zero-order chi connectivity index (χ0) is 19.4. The highest BCUT2D eigenvalue weighted by Gasteiger charge is 2.16. The SMILES string of the molecule is Cn1c(SCC(=O)Nc2cc([N+](=O)[O-])ccc2F)nnc1-c1cccnc1. The molecule has 2 aromatic heterocycles. The first-order chi connectivity index (χ1) is 13.0. The molecule has 3 aromatic rings. The van der Waals surface area contributed by atoms with Crippen LogP contribution in [0, 0.1) is 15.9 Å². The van der Waals surface area contributed by atoms with E-state index in [4.69, 9.17) is 0 Å². The minimum absolute atomic E-state index is 0.0683. The van der Waals surface area contributed by atoms with E-state index in [0.29, 0.717) is 11.0 Å². The highest BCUT2D eigenvalue weighted by atomic mass is 32.2. The third-order valence-electron chi connectivity index (χ3n) is 3.52. The van der Waals surface area contributed by atoms with Gasteiger partial charge in [-0.05, 0) is 18.2 Å².